The molecule has 0 bridgehead atoms. The van der Waals surface area contributed by atoms with E-state index < -0.39 is 0 Å². The van der Waals surface area contributed by atoms with Gasteiger partial charge in [-0.3, -0.25) is 14.7 Å². The Bertz CT molecular complexity index is 1160. The van der Waals surface area contributed by atoms with Crippen molar-refractivity contribution in [2.45, 2.75) is 20.4 Å². The summed E-state index contributed by atoms with van der Waals surface area (Å²) < 4.78 is 0.961. The van der Waals surface area contributed by atoms with Crippen molar-refractivity contribution in [3.63, 3.8) is 0 Å². The lowest BCUT2D eigenvalue weighted by Gasteiger charge is -2.19. The number of hydrogen-bond acceptors (Lipinski definition) is 4. The quantitative estimate of drug-likeness (QED) is 0.429. The van der Waals surface area contributed by atoms with Crippen molar-refractivity contribution < 1.29 is 4.79 Å². The van der Waals surface area contributed by atoms with E-state index in [1.807, 2.05) is 68.4 Å². The summed E-state index contributed by atoms with van der Waals surface area (Å²) in [5, 5.41) is 1.30. The fraction of sp³-hybridized carbons (Fsp3) is 0.136. The molecular formula is C22H18ClN3OS. The van der Waals surface area contributed by atoms with Crippen LogP contribution in [0.15, 0.2) is 60.8 Å². The van der Waals surface area contributed by atoms with Gasteiger partial charge in [-0.15, -0.1) is 0 Å². The third kappa shape index (κ3) is 3.77. The Morgan fingerprint density at radius 3 is 2.71 bits per heavy atom. The second-order valence-electron chi connectivity index (χ2n) is 6.65. The Kier molecular flexibility index (Phi) is 5.11. The first-order valence-corrected chi connectivity index (χ1v) is 10.1. The van der Waals surface area contributed by atoms with Gasteiger partial charge in [0, 0.05) is 16.8 Å². The van der Waals surface area contributed by atoms with Crippen LogP contribution in [-0.2, 0) is 6.54 Å². The first-order chi connectivity index (χ1) is 13.5. The van der Waals surface area contributed by atoms with Gasteiger partial charge in [-0.1, -0.05) is 46.7 Å². The monoisotopic (exact) mass is 407 g/mol. The molecule has 2 aromatic carbocycles. The molecule has 1 amide bonds. The topological polar surface area (TPSA) is 46.1 Å². The number of halogens is 1. The molecule has 140 valence electrons. The standard InChI is InChI=1S/C22H18ClN3OS/c1-14-6-5-7-16(10-14)21(27)26(13-18-8-3-4-9-24-18)22-25-20-15(2)11-17(23)12-19(20)28-22/h3-12H,13H2,1-2H3. The molecule has 0 saturated heterocycles. The zero-order valence-electron chi connectivity index (χ0n) is 15.5. The van der Waals surface area contributed by atoms with Crippen LogP contribution in [0.3, 0.4) is 0 Å². The van der Waals surface area contributed by atoms with Crippen LogP contribution in [0.1, 0.15) is 27.2 Å². The minimum absolute atomic E-state index is 0.0999. The van der Waals surface area contributed by atoms with Gasteiger partial charge in [0.05, 0.1) is 22.5 Å². The molecule has 0 unspecified atom stereocenters. The lowest BCUT2D eigenvalue weighted by Crippen LogP contribution is -2.30. The zero-order chi connectivity index (χ0) is 19.7. The van der Waals surface area contributed by atoms with Crippen LogP contribution in [0.25, 0.3) is 10.2 Å². The van der Waals surface area contributed by atoms with Gasteiger partial charge in [-0.25, -0.2) is 4.98 Å². The molecule has 0 fully saturated rings. The third-order valence-electron chi connectivity index (χ3n) is 4.43. The Labute approximate surface area is 172 Å². The van der Waals surface area contributed by atoms with Gasteiger partial charge >= 0.3 is 0 Å². The van der Waals surface area contributed by atoms with Crippen molar-refractivity contribution in [3.05, 3.63) is 88.2 Å². The highest BCUT2D eigenvalue weighted by molar-refractivity contribution is 7.22. The van der Waals surface area contributed by atoms with Crippen molar-refractivity contribution in [3.8, 4) is 0 Å². The summed E-state index contributed by atoms with van der Waals surface area (Å²) in [7, 11) is 0. The number of fused-ring (bicyclic) bond motifs is 1. The van der Waals surface area contributed by atoms with Crippen LogP contribution >= 0.6 is 22.9 Å². The minimum atomic E-state index is -0.0999. The number of aryl methyl sites for hydroxylation is 2. The molecule has 28 heavy (non-hydrogen) atoms. The van der Waals surface area contributed by atoms with E-state index in [2.05, 4.69) is 4.98 Å². The lowest BCUT2D eigenvalue weighted by molar-refractivity contribution is 0.0984. The number of nitrogens with zero attached hydrogens (tertiary/aromatic N) is 3. The summed E-state index contributed by atoms with van der Waals surface area (Å²) in [5.74, 6) is -0.0999. The lowest BCUT2D eigenvalue weighted by atomic mass is 10.1. The molecule has 0 atom stereocenters. The average Bonchev–Trinajstić information content (AvgIpc) is 3.10. The van der Waals surface area contributed by atoms with Gasteiger partial charge < -0.3 is 0 Å². The largest absolute Gasteiger partial charge is 0.278 e. The highest BCUT2D eigenvalue weighted by Gasteiger charge is 2.23. The SMILES string of the molecule is Cc1cccc(C(=O)N(Cc2ccccn2)c2nc3c(C)cc(Cl)cc3s2)c1. The third-order valence-corrected chi connectivity index (χ3v) is 5.67. The molecule has 4 aromatic rings. The molecule has 0 radical (unpaired) electrons. The van der Waals surface area contributed by atoms with Crippen LogP contribution in [0.2, 0.25) is 5.02 Å². The summed E-state index contributed by atoms with van der Waals surface area (Å²) in [5.41, 5.74) is 4.33. The van der Waals surface area contributed by atoms with Gasteiger partial charge in [-0.05, 0) is 55.8 Å². The number of carbonyl (C=O) groups excluding carboxylic acids is 1. The van der Waals surface area contributed by atoms with Crippen molar-refractivity contribution in [2.75, 3.05) is 4.90 Å². The van der Waals surface area contributed by atoms with Gasteiger partial charge in [0.2, 0.25) is 0 Å². The van der Waals surface area contributed by atoms with E-state index in [1.54, 1.807) is 11.1 Å². The molecule has 4 nitrogen and oxygen atoms in total. The molecule has 0 aliphatic rings. The van der Waals surface area contributed by atoms with Crippen LogP contribution in [0, 0.1) is 13.8 Å². The summed E-state index contributed by atoms with van der Waals surface area (Å²) in [6, 6.07) is 17.1. The maximum atomic E-state index is 13.4. The average molecular weight is 408 g/mol. The van der Waals surface area contributed by atoms with E-state index in [0.717, 1.165) is 27.0 Å². The van der Waals surface area contributed by atoms with E-state index in [9.17, 15) is 4.79 Å². The summed E-state index contributed by atoms with van der Waals surface area (Å²) in [6.45, 7) is 4.30. The van der Waals surface area contributed by atoms with Crippen molar-refractivity contribution in [2.24, 2.45) is 0 Å². The summed E-state index contributed by atoms with van der Waals surface area (Å²) in [6.07, 6.45) is 1.73. The molecule has 2 heterocycles. The van der Waals surface area contributed by atoms with E-state index in [1.165, 1.54) is 11.3 Å². The Balaban J connectivity index is 1.80. The minimum Gasteiger partial charge on any atom is -0.278 e. The smallest absolute Gasteiger partial charge is 0.260 e. The first kappa shape index (κ1) is 18.6. The second-order valence-corrected chi connectivity index (χ2v) is 8.09. The van der Waals surface area contributed by atoms with Crippen LogP contribution < -0.4 is 4.90 Å². The molecule has 0 spiro atoms. The Morgan fingerprint density at radius 1 is 1.11 bits per heavy atom. The van der Waals surface area contributed by atoms with Crippen LogP contribution in [0.5, 0.6) is 0 Å². The molecule has 0 aliphatic carbocycles. The van der Waals surface area contributed by atoms with Gasteiger partial charge in [0.1, 0.15) is 0 Å². The Hall–Kier alpha value is -2.76. The number of rotatable bonds is 4. The van der Waals surface area contributed by atoms with E-state index in [-0.39, 0.29) is 5.91 Å². The number of carbonyl (C=O) groups is 1. The highest BCUT2D eigenvalue weighted by atomic mass is 35.5. The molecule has 0 saturated carbocycles. The van der Waals surface area contributed by atoms with Crippen molar-refractivity contribution in [1.29, 1.82) is 0 Å². The van der Waals surface area contributed by atoms with Crippen molar-refractivity contribution >= 4 is 44.2 Å². The van der Waals surface area contributed by atoms with Gasteiger partial charge in [0.15, 0.2) is 5.13 Å². The number of benzene rings is 2. The van der Waals surface area contributed by atoms with Gasteiger partial charge in [0.25, 0.3) is 5.91 Å². The predicted molar refractivity (Wildman–Crippen MR) is 115 cm³/mol. The number of hydrogen-bond donors (Lipinski definition) is 0. The first-order valence-electron chi connectivity index (χ1n) is 8.86. The highest BCUT2D eigenvalue weighted by Crippen LogP contribution is 2.34. The normalized spacial score (nSPS) is 11.0. The van der Waals surface area contributed by atoms with E-state index in [4.69, 9.17) is 16.6 Å². The Morgan fingerprint density at radius 2 is 1.96 bits per heavy atom. The van der Waals surface area contributed by atoms with Crippen LogP contribution in [0.4, 0.5) is 5.13 Å². The number of pyridine rings is 1. The molecule has 0 N–H and O–H groups in total. The summed E-state index contributed by atoms with van der Waals surface area (Å²) in [4.78, 5) is 24.2. The number of anilines is 1. The second kappa shape index (κ2) is 7.70. The maximum Gasteiger partial charge on any atom is 0.260 e. The molecule has 0 aliphatic heterocycles. The molecular weight excluding hydrogens is 390 g/mol. The molecule has 6 heteroatoms. The number of aromatic nitrogens is 2. The molecule has 2 aromatic heterocycles. The van der Waals surface area contributed by atoms with Crippen molar-refractivity contribution in [1.82, 2.24) is 9.97 Å². The van der Waals surface area contributed by atoms with E-state index in [0.29, 0.717) is 22.3 Å². The van der Waals surface area contributed by atoms with E-state index >= 15 is 0 Å². The molecule has 4 rings (SSSR count). The number of amides is 1. The maximum absolute atomic E-state index is 13.4. The van der Waals surface area contributed by atoms with Crippen LogP contribution in [-0.4, -0.2) is 15.9 Å². The van der Waals surface area contributed by atoms with Gasteiger partial charge in [-0.2, -0.15) is 0 Å². The zero-order valence-corrected chi connectivity index (χ0v) is 17.1. The summed E-state index contributed by atoms with van der Waals surface area (Å²) >= 11 is 7.67. The number of thiazole rings is 1. The predicted octanol–water partition coefficient (Wildman–Crippen LogP) is 5.81. The fourth-order valence-electron chi connectivity index (χ4n) is 3.07. The fourth-order valence-corrected chi connectivity index (χ4v) is 4.49.